The molecule has 3 rings (SSSR count). The van der Waals surface area contributed by atoms with Crippen molar-refractivity contribution in [2.75, 3.05) is 0 Å². The quantitative estimate of drug-likeness (QED) is 0.784. The molecule has 0 radical (unpaired) electrons. The van der Waals surface area contributed by atoms with E-state index >= 15 is 0 Å². The summed E-state index contributed by atoms with van der Waals surface area (Å²) < 4.78 is 15.0. The lowest BCUT2D eigenvalue weighted by atomic mass is 10.1. The average Bonchev–Trinajstić information content (AvgIpc) is 2.81. The number of halogens is 2. The van der Waals surface area contributed by atoms with Crippen molar-refractivity contribution in [2.45, 2.75) is 0 Å². The summed E-state index contributed by atoms with van der Waals surface area (Å²) in [4.78, 5) is 18.4. The lowest BCUT2D eigenvalue weighted by molar-refractivity contribution is 0.0684. The number of benzene rings is 1. The smallest absolute Gasteiger partial charge is 0.375 e. The van der Waals surface area contributed by atoms with Crippen LogP contribution < -0.4 is 0 Å². The lowest BCUT2D eigenvalue weighted by Gasteiger charge is -2.03. The van der Waals surface area contributed by atoms with Crippen molar-refractivity contribution >= 4 is 23.3 Å². The zero-order valence-electron chi connectivity index (χ0n) is 9.79. The van der Waals surface area contributed by atoms with Crippen molar-refractivity contribution < 1.29 is 14.3 Å². The highest BCUT2D eigenvalue weighted by Crippen LogP contribution is 2.24. The molecule has 8 heteroatoms. The third-order valence-corrected chi connectivity index (χ3v) is 2.86. The van der Waals surface area contributed by atoms with E-state index in [4.69, 9.17) is 16.7 Å². The average molecular weight is 293 g/mol. The summed E-state index contributed by atoms with van der Waals surface area (Å²) in [5, 5.41) is 12.8. The molecular weight excluding hydrogens is 287 g/mol. The molecule has 20 heavy (non-hydrogen) atoms. The fraction of sp³-hybridized carbons (Fsp3) is 0. The molecule has 0 aliphatic rings. The first-order valence-electron chi connectivity index (χ1n) is 5.46. The summed E-state index contributed by atoms with van der Waals surface area (Å²) >= 11 is 5.69. The molecule has 100 valence electrons. The maximum atomic E-state index is 13.8. The maximum Gasteiger partial charge on any atom is 0.375 e. The molecule has 0 aliphatic carbocycles. The Morgan fingerprint density at radius 2 is 2.20 bits per heavy atom. The topological polar surface area (TPSA) is 80.4 Å². The Kier molecular flexibility index (Phi) is 2.83. The van der Waals surface area contributed by atoms with E-state index in [-0.39, 0.29) is 22.2 Å². The summed E-state index contributed by atoms with van der Waals surface area (Å²) in [7, 11) is 0. The third-order valence-electron chi connectivity index (χ3n) is 2.63. The van der Waals surface area contributed by atoms with Crippen molar-refractivity contribution in [3.63, 3.8) is 0 Å². The molecule has 0 saturated heterocycles. The number of rotatable bonds is 2. The van der Waals surface area contributed by atoms with E-state index in [2.05, 4.69) is 15.1 Å². The van der Waals surface area contributed by atoms with Crippen molar-refractivity contribution in [1.29, 1.82) is 0 Å². The fourth-order valence-electron chi connectivity index (χ4n) is 1.74. The largest absolute Gasteiger partial charge is 0.475 e. The molecular formula is C12H6ClFN4O2. The summed E-state index contributed by atoms with van der Waals surface area (Å²) in [6, 6.07) is 4.24. The number of carboxylic acid groups (broad SMARTS) is 1. The second kappa shape index (κ2) is 4.53. The van der Waals surface area contributed by atoms with Crippen LogP contribution in [-0.4, -0.2) is 30.7 Å². The standard InChI is InChI=1S/C12H6ClFN4O2/c13-7-1-2-8(9(14)3-7)6-4-15-12-16-10(11(19)20)17-18(12)5-6/h1-5H,(H,19,20). The van der Waals surface area contributed by atoms with E-state index in [1.807, 2.05) is 0 Å². The third kappa shape index (κ3) is 2.08. The minimum Gasteiger partial charge on any atom is -0.475 e. The highest BCUT2D eigenvalue weighted by atomic mass is 35.5. The van der Waals surface area contributed by atoms with Gasteiger partial charge in [0.2, 0.25) is 0 Å². The van der Waals surface area contributed by atoms with Crippen LogP contribution in [0.3, 0.4) is 0 Å². The van der Waals surface area contributed by atoms with Gasteiger partial charge >= 0.3 is 5.97 Å². The van der Waals surface area contributed by atoms with E-state index in [0.29, 0.717) is 5.56 Å². The van der Waals surface area contributed by atoms with Crippen molar-refractivity contribution in [3.05, 3.63) is 47.3 Å². The zero-order chi connectivity index (χ0) is 14.3. The SMILES string of the molecule is O=C(O)c1nc2ncc(-c3ccc(Cl)cc3F)cn2n1. The maximum absolute atomic E-state index is 13.8. The molecule has 0 spiro atoms. The molecule has 3 aromatic rings. The normalized spacial score (nSPS) is 10.9. The van der Waals surface area contributed by atoms with Crippen LogP contribution in [-0.2, 0) is 0 Å². The summed E-state index contributed by atoms with van der Waals surface area (Å²) in [6.07, 6.45) is 2.84. The first-order chi connectivity index (χ1) is 9.54. The number of fused-ring (bicyclic) bond motifs is 1. The summed E-state index contributed by atoms with van der Waals surface area (Å²) in [5.41, 5.74) is 0.727. The first-order valence-corrected chi connectivity index (χ1v) is 5.83. The van der Waals surface area contributed by atoms with Crippen molar-refractivity contribution in [2.24, 2.45) is 0 Å². The van der Waals surface area contributed by atoms with Crippen LogP contribution in [0.4, 0.5) is 4.39 Å². The minimum atomic E-state index is -1.25. The van der Waals surface area contributed by atoms with Gasteiger partial charge in [0.25, 0.3) is 11.6 Å². The molecule has 2 heterocycles. The van der Waals surface area contributed by atoms with Gasteiger partial charge in [-0.05, 0) is 18.2 Å². The summed E-state index contributed by atoms with van der Waals surface area (Å²) in [5.74, 6) is -2.00. The summed E-state index contributed by atoms with van der Waals surface area (Å²) in [6.45, 7) is 0. The molecule has 1 N–H and O–H groups in total. The first kappa shape index (κ1) is 12.5. The number of hydrogen-bond acceptors (Lipinski definition) is 4. The van der Waals surface area contributed by atoms with Gasteiger partial charge in [0.1, 0.15) is 5.82 Å². The Labute approximate surface area is 116 Å². The number of aromatic carboxylic acids is 1. The number of aromatic nitrogens is 4. The second-order valence-corrected chi connectivity index (χ2v) is 4.39. The molecule has 2 aromatic heterocycles. The number of carboxylic acids is 1. The molecule has 0 bridgehead atoms. The highest BCUT2D eigenvalue weighted by molar-refractivity contribution is 6.30. The number of nitrogens with zero attached hydrogens (tertiary/aromatic N) is 4. The Morgan fingerprint density at radius 3 is 2.90 bits per heavy atom. The Morgan fingerprint density at radius 1 is 1.40 bits per heavy atom. The van der Waals surface area contributed by atoms with Gasteiger partial charge in [-0.25, -0.2) is 18.7 Å². The Hall–Kier alpha value is -2.54. The van der Waals surface area contributed by atoms with E-state index in [0.717, 1.165) is 0 Å². The van der Waals surface area contributed by atoms with Crippen LogP contribution >= 0.6 is 11.6 Å². The van der Waals surface area contributed by atoms with E-state index < -0.39 is 11.8 Å². The van der Waals surface area contributed by atoms with Crippen molar-refractivity contribution in [3.8, 4) is 11.1 Å². The van der Waals surface area contributed by atoms with Gasteiger partial charge in [0.05, 0.1) is 0 Å². The van der Waals surface area contributed by atoms with Crippen LogP contribution in [0, 0.1) is 5.82 Å². The van der Waals surface area contributed by atoms with Crippen molar-refractivity contribution in [1.82, 2.24) is 19.6 Å². The van der Waals surface area contributed by atoms with E-state index in [9.17, 15) is 9.18 Å². The number of carbonyl (C=O) groups is 1. The zero-order valence-corrected chi connectivity index (χ0v) is 10.5. The highest BCUT2D eigenvalue weighted by Gasteiger charge is 2.13. The Bertz CT molecular complexity index is 833. The molecule has 0 saturated carbocycles. The monoisotopic (exact) mass is 292 g/mol. The molecule has 0 fully saturated rings. The molecule has 6 nitrogen and oxygen atoms in total. The van der Waals surface area contributed by atoms with E-state index in [1.54, 1.807) is 6.07 Å². The fourth-order valence-corrected chi connectivity index (χ4v) is 1.89. The molecule has 0 unspecified atom stereocenters. The van der Waals surface area contributed by atoms with Gasteiger partial charge in [-0.1, -0.05) is 11.6 Å². The van der Waals surface area contributed by atoms with Crippen LogP contribution in [0.1, 0.15) is 10.6 Å². The van der Waals surface area contributed by atoms with Gasteiger partial charge < -0.3 is 5.11 Å². The van der Waals surface area contributed by atoms with Crippen LogP contribution in [0.2, 0.25) is 5.02 Å². The van der Waals surface area contributed by atoms with E-state index in [1.165, 1.54) is 29.0 Å². The minimum absolute atomic E-state index is 0.125. The van der Waals surface area contributed by atoms with Gasteiger partial charge in [-0.3, -0.25) is 0 Å². The molecule has 0 amide bonds. The van der Waals surface area contributed by atoms with Gasteiger partial charge in [-0.2, -0.15) is 4.98 Å². The second-order valence-electron chi connectivity index (χ2n) is 3.95. The molecule has 0 atom stereocenters. The lowest BCUT2D eigenvalue weighted by Crippen LogP contribution is -1.99. The van der Waals surface area contributed by atoms with Crippen LogP contribution in [0.15, 0.2) is 30.6 Å². The Balaban J connectivity index is 2.14. The predicted molar refractivity (Wildman–Crippen MR) is 68.1 cm³/mol. The predicted octanol–water partition coefficient (Wildman–Crippen LogP) is 2.28. The molecule has 0 aliphatic heterocycles. The van der Waals surface area contributed by atoms with Gasteiger partial charge in [0.15, 0.2) is 0 Å². The van der Waals surface area contributed by atoms with Crippen LogP contribution in [0.25, 0.3) is 16.9 Å². The number of hydrogen-bond donors (Lipinski definition) is 1. The van der Waals surface area contributed by atoms with Crippen LogP contribution in [0.5, 0.6) is 0 Å². The van der Waals surface area contributed by atoms with Gasteiger partial charge in [0, 0.05) is 28.5 Å². The van der Waals surface area contributed by atoms with Gasteiger partial charge in [-0.15, -0.1) is 5.10 Å². The molecule has 1 aromatic carbocycles.